The van der Waals surface area contributed by atoms with Gasteiger partial charge in [-0.15, -0.1) is 0 Å². The summed E-state index contributed by atoms with van der Waals surface area (Å²) in [6.45, 7) is 0. The average molecular weight is 491 g/mol. The highest BCUT2D eigenvalue weighted by Gasteiger charge is 2.32. The molecule has 3 N–H and O–H groups in total. The Balaban J connectivity index is 1.34. The summed E-state index contributed by atoms with van der Waals surface area (Å²) in [6.07, 6.45) is -0.270. The summed E-state index contributed by atoms with van der Waals surface area (Å²) in [4.78, 5) is 37.7. The van der Waals surface area contributed by atoms with E-state index < -0.39 is 23.8 Å². The van der Waals surface area contributed by atoms with Crippen LogP contribution < -0.4 is 10.6 Å². The molecule has 37 heavy (non-hydrogen) atoms. The van der Waals surface area contributed by atoms with E-state index in [2.05, 4.69) is 10.6 Å². The number of carboxylic acid groups (broad SMARTS) is 1. The number of carbonyl (C=O) groups excluding carboxylic acids is 2. The van der Waals surface area contributed by atoms with Crippen molar-refractivity contribution in [2.24, 2.45) is 0 Å². The van der Waals surface area contributed by atoms with Gasteiger partial charge in [-0.25, -0.2) is 0 Å². The first-order valence-electron chi connectivity index (χ1n) is 12.2. The van der Waals surface area contributed by atoms with E-state index in [1.54, 1.807) is 12.1 Å². The molecule has 0 fully saturated rings. The predicted octanol–water partition coefficient (Wildman–Crippen LogP) is 5.20. The van der Waals surface area contributed by atoms with E-state index >= 15 is 0 Å². The fourth-order valence-electron chi connectivity index (χ4n) is 4.78. The molecule has 4 aromatic rings. The van der Waals surface area contributed by atoms with Gasteiger partial charge in [0.25, 0.3) is 5.91 Å². The van der Waals surface area contributed by atoms with Crippen LogP contribution in [0.1, 0.15) is 40.4 Å². The highest BCUT2D eigenvalue weighted by molar-refractivity contribution is 5.98. The standard InChI is InChI=1S/C31H26N2O4/c34-28(35)19-18-27(32-30(36)22-16-14-21(15-17-22)20-8-2-1-3-9-20)31(37)33-29-25-12-6-4-10-23(25)24-11-5-7-13-26(24)29/h1-17,27,29H,18-19H2,(H,32,36)(H,33,37)(H,34,35)/t27-/m0/s1. The molecule has 184 valence electrons. The Bertz CT molecular complexity index is 1400. The molecule has 0 spiro atoms. The van der Waals surface area contributed by atoms with Crippen LogP contribution >= 0.6 is 0 Å². The third kappa shape index (κ3) is 5.14. The van der Waals surface area contributed by atoms with Crippen LogP contribution in [0.4, 0.5) is 0 Å². The van der Waals surface area contributed by atoms with E-state index in [0.29, 0.717) is 5.56 Å². The second kappa shape index (κ2) is 10.5. The molecule has 0 saturated heterocycles. The fourth-order valence-corrected chi connectivity index (χ4v) is 4.78. The molecule has 6 nitrogen and oxygen atoms in total. The molecular weight excluding hydrogens is 464 g/mol. The van der Waals surface area contributed by atoms with Gasteiger partial charge < -0.3 is 15.7 Å². The van der Waals surface area contributed by atoms with Crippen LogP contribution in [0, 0.1) is 0 Å². The van der Waals surface area contributed by atoms with Crippen LogP contribution in [-0.2, 0) is 9.59 Å². The molecule has 0 saturated carbocycles. The maximum atomic E-state index is 13.4. The summed E-state index contributed by atoms with van der Waals surface area (Å²) in [5, 5.41) is 15.0. The van der Waals surface area contributed by atoms with Crippen LogP contribution in [0.2, 0.25) is 0 Å². The van der Waals surface area contributed by atoms with Gasteiger partial charge in [-0.05, 0) is 51.9 Å². The van der Waals surface area contributed by atoms with Gasteiger partial charge in [-0.1, -0.05) is 91.0 Å². The van der Waals surface area contributed by atoms with Gasteiger partial charge in [0.2, 0.25) is 5.91 Å². The third-order valence-electron chi connectivity index (χ3n) is 6.64. The Hall–Kier alpha value is -4.71. The fraction of sp³-hybridized carbons (Fsp3) is 0.129. The zero-order valence-corrected chi connectivity index (χ0v) is 20.1. The van der Waals surface area contributed by atoms with Gasteiger partial charge in [-0.3, -0.25) is 14.4 Å². The smallest absolute Gasteiger partial charge is 0.303 e. The van der Waals surface area contributed by atoms with Crippen molar-refractivity contribution in [2.75, 3.05) is 0 Å². The predicted molar refractivity (Wildman–Crippen MR) is 142 cm³/mol. The molecule has 0 aromatic heterocycles. The summed E-state index contributed by atoms with van der Waals surface area (Å²) in [5.74, 6) is -1.89. The number of hydrogen-bond acceptors (Lipinski definition) is 3. The number of fused-ring (bicyclic) bond motifs is 3. The summed E-state index contributed by atoms with van der Waals surface area (Å²) in [7, 11) is 0. The largest absolute Gasteiger partial charge is 0.481 e. The Morgan fingerprint density at radius 1 is 0.703 bits per heavy atom. The Morgan fingerprint density at radius 3 is 1.84 bits per heavy atom. The minimum atomic E-state index is -1.03. The maximum Gasteiger partial charge on any atom is 0.303 e. The lowest BCUT2D eigenvalue weighted by Gasteiger charge is -2.22. The summed E-state index contributed by atoms with van der Waals surface area (Å²) in [6, 6.07) is 31.3. The normalized spacial score (nSPS) is 12.8. The van der Waals surface area contributed by atoms with E-state index in [9.17, 15) is 19.5 Å². The van der Waals surface area contributed by atoms with Crippen molar-refractivity contribution in [3.8, 4) is 22.3 Å². The van der Waals surface area contributed by atoms with Crippen LogP contribution in [0.3, 0.4) is 0 Å². The van der Waals surface area contributed by atoms with Crippen LogP contribution in [0.25, 0.3) is 22.3 Å². The van der Waals surface area contributed by atoms with Gasteiger partial charge in [0, 0.05) is 12.0 Å². The van der Waals surface area contributed by atoms with Crippen molar-refractivity contribution >= 4 is 17.8 Å². The molecule has 2 amide bonds. The first-order valence-corrected chi connectivity index (χ1v) is 12.2. The van der Waals surface area contributed by atoms with E-state index in [1.165, 1.54) is 0 Å². The van der Waals surface area contributed by atoms with Crippen molar-refractivity contribution < 1.29 is 19.5 Å². The van der Waals surface area contributed by atoms with E-state index in [0.717, 1.165) is 33.4 Å². The van der Waals surface area contributed by atoms with Gasteiger partial charge in [0.15, 0.2) is 0 Å². The van der Waals surface area contributed by atoms with Crippen molar-refractivity contribution in [3.05, 3.63) is 120 Å². The molecule has 1 atom stereocenters. The van der Waals surface area contributed by atoms with Gasteiger partial charge in [0.05, 0.1) is 6.04 Å². The molecule has 1 aliphatic rings. The molecule has 0 heterocycles. The topological polar surface area (TPSA) is 95.5 Å². The lowest BCUT2D eigenvalue weighted by molar-refractivity contribution is -0.137. The quantitative estimate of drug-likeness (QED) is 0.316. The lowest BCUT2D eigenvalue weighted by Crippen LogP contribution is -2.47. The number of carbonyl (C=O) groups is 3. The molecule has 1 aliphatic carbocycles. The monoisotopic (exact) mass is 490 g/mol. The molecule has 0 bridgehead atoms. The zero-order chi connectivity index (χ0) is 25.8. The minimum Gasteiger partial charge on any atom is -0.481 e. The number of amides is 2. The highest BCUT2D eigenvalue weighted by atomic mass is 16.4. The molecule has 5 rings (SSSR count). The SMILES string of the molecule is O=C(O)CC[C@H](NC(=O)c1ccc(-c2ccccc2)cc1)C(=O)NC1c2ccccc2-c2ccccc21. The van der Waals surface area contributed by atoms with Gasteiger partial charge in [-0.2, -0.15) is 0 Å². The molecule has 0 radical (unpaired) electrons. The molecule has 0 aliphatic heterocycles. The second-order valence-corrected chi connectivity index (χ2v) is 9.02. The van der Waals surface area contributed by atoms with Crippen LogP contribution in [-0.4, -0.2) is 28.9 Å². The van der Waals surface area contributed by atoms with Gasteiger partial charge >= 0.3 is 5.97 Å². The second-order valence-electron chi connectivity index (χ2n) is 9.02. The molecule has 0 unspecified atom stereocenters. The van der Waals surface area contributed by atoms with E-state index in [1.807, 2.05) is 91.0 Å². The van der Waals surface area contributed by atoms with Crippen LogP contribution in [0.5, 0.6) is 0 Å². The number of hydrogen-bond donors (Lipinski definition) is 3. The number of carboxylic acids is 1. The molecule has 6 heteroatoms. The summed E-state index contributed by atoms with van der Waals surface area (Å²) < 4.78 is 0. The number of benzene rings is 4. The molecular formula is C31H26N2O4. The number of rotatable bonds is 8. The van der Waals surface area contributed by atoms with Crippen molar-refractivity contribution in [1.29, 1.82) is 0 Å². The highest BCUT2D eigenvalue weighted by Crippen LogP contribution is 2.43. The first kappa shape index (κ1) is 24.0. The number of nitrogens with one attached hydrogen (secondary N) is 2. The number of aliphatic carboxylic acids is 1. The van der Waals surface area contributed by atoms with Gasteiger partial charge in [0.1, 0.15) is 6.04 Å². The Labute approximate surface area is 215 Å². The van der Waals surface area contributed by atoms with Crippen molar-refractivity contribution in [3.63, 3.8) is 0 Å². The van der Waals surface area contributed by atoms with Crippen molar-refractivity contribution in [1.82, 2.24) is 10.6 Å². The third-order valence-corrected chi connectivity index (χ3v) is 6.64. The lowest BCUT2D eigenvalue weighted by atomic mass is 10.0. The van der Waals surface area contributed by atoms with Crippen molar-refractivity contribution in [2.45, 2.75) is 24.9 Å². The Morgan fingerprint density at radius 2 is 1.24 bits per heavy atom. The maximum absolute atomic E-state index is 13.4. The molecule has 4 aromatic carbocycles. The average Bonchev–Trinajstić information content (AvgIpc) is 3.25. The summed E-state index contributed by atoms with van der Waals surface area (Å²) >= 11 is 0. The Kier molecular flexibility index (Phi) is 6.81. The van der Waals surface area contributed by atoms with E-state index in [4.69, 9.17) is 0 Å². The first-order chi connectivity index (χ1) is 18.0. The minimum absolute atomic E-state index is 0.0228. The van der Waals surface area contributed by atoms with Crippen LogP contribution in [0.15, 0.2) is 103 Å². The van der Waals surface area contributed by atoms with E-state index in [-0.39, 0.29) is 18.9 Å². The summed E-state index contributed by atoms with van der Waals surface area (Å²) in [5.41, 5.74) is 6.43. The zero-order valence-electron chi connectivity index (χ0n) is 20.1.